The van der Waals surface area contributed by atoms with Crippen LogP contribution in [0.1, 0.15) is 18.1 Å². The van der Waals surface area contributed by atoms with Crippen LogP contribution in [-0.4, -0.2) is 23.7 Å². The molecule has 0 aliphatic carbocycles. The van der Waals surface area contributed by atoms with E-state index in [0.717, 1.165) is 27.1 Å². The first-order chi connectivity index (χ1) is 14.4. The molecule has 0 aromatic heterocycles. The van der Waals surface area contributed by atoms with Crippen molar-refractivity contribution < 1.29 is 14.3 Å². The number of carbonyl (C=O) groups is 2. The molecule has 0 saturated carbocycles. The third-order valence-electron chi connectivity index (χ3n) is 4.64. The molecule has 1 atom stereocenters. The summed E-state index contributed by atoms with van der Waals surface area (Å²) < 4.78 is 5.35. The van der Waals surface area contributed by atoms with E-state index in [4.69, 9.17) is 4.74 Å². The average Bonchev–Trinajstić information content (AvgIpc) is 2.75. The molecule has 0 saturated heterocycles. The molecule has 0 spiro atoms. The second kappa shape index (κ2) is 10.1. The van der Waals surface area contributed by atoms with Gasteiger partial charge in [0.15, 0.2) is 6.10 Å². The lowest BCUT2D eigenvalue weighted by molar-refractivity contribution is -0.150. The number of hydrogen-bond donors (Lipinski definition) is 1. The van der Waals surface area contributed by atoms with Crippen LogP contribution < -0.4 is 5.32 Å². The number of nitrogens with one attached hydrogen (secondary N) is 1. The van der Waals surface area contributed by atoms with Crippen molar-refractivity contribution in [2.24, 2.45) is 0 Å². The molecule has 0 radical (unpaired) electrons. The zero-order valence-corrected chi connectivity index (χ0v) is 18.2. The van der Waals surface area contributed by atoms with Crippen molar-refractivity contribution >= 4 is 29.3 Å². The molecule has 5 heteroatoms. The van der Waals surface area contributed by atoms with E-state index in [9.17, 15) is 9.59 Å². The van der Waals surface area contributed by atoms with E-state index in [1.54, 1.807) is 6.92 Å². The number of hydrogen-bond acceptors (Lipinski definition) is 4. The second-order valence-corrected chi connectivity index (χ2v) is 8.11. The van der Waals surface area contributed by atoms with E-state index in [2.05, 4.69) is 5.32 Å². The molecule has 0 heterocycles. The van der Waals surface area contributed by atoms with Crippen LogP contribution in [0.2, 0.25) is 0 Å². The molecule has 1 unspecified atom stereocenters. The molecule has 0 fully saturated rings. The number of rotatable bonds is 7. The largest absolute Gasteiger partial charge is 0.452 e. The van der Waals surface area contributed by atoms with Gasteiger partial charge in [0.05, 0.1) is 5.75 Å². The predicted molar refractivity (Wildman–Crippen MR) is 123 cm³/mol. The Morgan fingerprint density at radius 1 is 0.967 bits per heavy atom. The third kappa shape index (κ3) is 5.74. The standard InChI is InChI=1S/C25H25NO3S/c1-17-13-14-18(2)23(15-17)30-16-24(27)29-19(3)25(28)26-22-12-8-7-11-21(22)20-9-5-4-6-10-20/h4-15,19H,16H2,1-3H3,(H,26,28). The highest BCUT2D eigenvalue weighted by molar-refractivity contribution is 8.00. The number of thioether (sulfide) groups is 1. The number of amides is 1. The summed E-state index contributed by atoms with van der Waals surface area (Å²) in [5.41, 5.74) is 4.85. The summed E-state index contributed by atoms with van der Waals surface area (Å²) in [5.74, 6) is -0.619. The molecule has 3 aromatic rings. The van der Waals surface area contributed by atoms with Crippen molar-refractivity contribution in [3.05, 3.63) is 83.9 Å². The molecule has 3 rings (SSSR count). The Labute approximate surface area is 181 Å². The Morgan fingerprint density at radius 2 is 1.67 bits per heavy atom. The normalized spacial score (nSPS) is 11.6. The van der Waals surface area contributed by atoms with Crippen molar-refractivity contribution in [2.75, 3.05) is 11.1 Å². The Hall–Kier alpha value is -3.05. The van der Waals surface area contributed by atoms with Crippen LogP contribution in [0.4, 0.5) is 5.69 Å². The van der Waals surface area contributed by atoms with E-state index in [1.807, 2.05) is 86.6 Å². The SMILES string of the molecule is Cc1ccc(C)c(SCC(=O)OC(C)C(=O)Nc2ccccc2-c2ccccc2)c1. The van der Waals surface area contributed by atoms with E-state index >= 15 is 0 Å². The Bertz CT molecular complexity index is 1030. The highest BCUT2D eigenvalue weighted by Crippen LogP contribution is 2.28. The van der Waals surface area contributed by atoms with Crippen LogP contribution in [0.3, 0.4) is 0 Å². The summed E-state index contributed by atoms with van der Waals surface area (Å²) in [4.78, 5) is 25.9. The fraction of sp³-hybridized carbons (Fsp3) is 0.200. The lowest BCUT2D eigenvalue weighted by Crippen LogP contribution is -2.30. The molecule has 3 aromatic carbocycles. The molecule has 1 N–H and O–H groups in total. The summed E-state index contributed by atoms with van der Waals surface area (Å²) in [7, 11) is 0. The van der Waals surface area contributed by atoms with Gasteiger partial charge in [0.2, 0.25) is 0 Å². The fourth-order valence-corrected chi connectivity index (χ4v) is 3.89. The van der Waals surface area contributed by atoms with Crippen molar-refractivity contribution in [3.63, 3.8) is 0 Å². The summed E-state index contributed by atoms with van der Waals surface area (Å²) in [6.07, 6.45) is -0.888. The Morgan fingerprint density at radius 3 is 2.43 bits per heavy atom. The van der Waals surface area contributed by atoms with E-state index in [-0.39, 0.29) is 11.7 Å². The highest BCUT2D eigenvalue weighted by atomic mass is 32.2. The van der Waals surface area contributed by atoms with Gasteiger partial charge in [0, 0.05) is 16.1 Å². The molecular weight excluding hydrogens is 394 g/mol. The molecule has 30 heavy (non-hydrogen) atoms. The summed E-state index contributed by atoms with van der Waals surface area (Å²) in [6.45, 7) is 5.61. The van der Waals surface area contributed by atoms with Gasteiger partial charge in [-0.05, 0) is 44.0 Å². The Kier molecular flexibility index (Phi) is 7.31. The van der Waals surface area contributed by atoms with Gasteiger partial charge in [0.1, 0.15) is 0 Å². The van der Waals surface area contributed by atoms with Gasteiger partial charge >= 0.3 is 5.97 Å². The summed E-state index contributed by atoms with van der Waals surface area (Å²) >= 11 is 1.42. The van der Waals surface area contributed by atoms with Gasteiger partial charge in [0.25, 0.3) is 5.91 Å². The van der Waals surface area contributed by atoms with Crippen molar-refractivity contribution in [2.45, 2.75) is 31.8 Å². The van der Waals surface area contributed by atoms with Crippen LogP contribution in [0.5, 0.6) is 0 Å². The van der Waals surface area contributed by atoms with Gasteiger partial charge in [-0.1, -0.05) is 66.2 Å². The molecule has 1 amide bonds. The molecule has 154 valence electrons. The van der Waals surface area contributed by atoms with Crippen LogP contribution in [0.15, 0.2) is 77.7 Å². The lowest BCUT2D eigenvalue weighted by atomic mass is 10.0. The number of ether oxygens (including phenoxy) is 1. The van der Waals surface area contributed by atoms with Crippen molar-refractivity contribution in [3.8, 4) is 11.1 Å². The minimum Gasteiger partial charge on any atom is -0.452 e. The number of esters is 1. The first-order valence-corrected chi connectivity index (χ1v) is 10.8. The maximum atomic E-state index is 12.6. The minimum atomic E-state index is -0.888. The Balaban J connectivity index is 1.59. The van der Waals surface area contributed by atoms with E-state index in [1.165, 1.54) is 11.8 Å². The first kappa shape index (κ1) is 21.7. The highest BCUT2D eigenvalue weighted by Gasteiger charge is 2.19. The van der Waals surface area contributed by atoms with Gasteiger partial charge in [-0.3, -0.25) is 9.59 Å². The molecule has 4 nitrogen and oxygen atoms in total. The van der Waals surface area contributed by atoms with Crippen LogP contribution >= 0.6 is 11.8 Å². The maximum absolute atomic E-state index is 12.6. The number of para-hydroxylation sites is 1. The topological polar surface area (TPSA) is 55.4 Å². The smallest absolute Gasteiger partial charge is 0.317 e. The minimum absolute atomic E-state index is 0.155. The molecule has 0 bridgehead atoms. The van der Waals surface area contributed by atoms with E-state index < -0.39 is 12.1 Å². The van der Waals surface area contributed by atoms with Crippen LogP contribution in [0.25, 0.3) is 11.1 Å². The maximum Gasteiger partial charge on any atom is 0.317 e. The average molecular weight is 420 g/mol. The monoisotopic (exact) mass is 419 g/mol. The first-order valence-electron chi connectivity index (χ1n) is 9.79. The number of benzene rings is 3. The van der Waals surface area contributed by atoms with Crippen LogP contribution in [-0.2, 0) is 14.3 Å². The zero-order chi connectivity index (χ0) is 21.5. The van der Waals surface area contributed by atoms with Gasteiger partial charge in [-0.15, -0.1) is 11.8 Å². The quantitative estimate of drug-likeness (QED) is 0.398. The molecule has 0 aliphatic rings. The fourth-order valence-electron chi connectivity index (χ4n) is 2.98. The van der Waals surface area contributed by atoms with Gasteiger partial charge in [-0.2, -0.15) is 0 Å². The summed E-state index contributed by atoms with van der Waals surface area (Å²) in [5, 5.41) is 2.88. The van der Waals surface area contributed by atoms with Crippen molar-refractivity contribution in [1.29, 1.82) is 0 Å². The second-order valence-electron chi connectivity index (χ2n) is 7.09. The lowest BCUT2D eigenvalue weighted by Gasteiger charge is -2.16. The summed E-state index contributed by atoms with van der Waals surface area (Å²) in [6, 6.07) is 23.5. The van der Waals surface area contributed by atoms with Crippen LogP contribution in [0, 0.1) is 13.8 Å². The predicted octanol–water partition coefficient (Wildman–Crippen LogP) is 5.63. The number of anilines is 1. The van der Waals surface area contributed by atoms with E-state index in [0.29, 0.717) is 5.69 Å². The van der Waals surface area contributed by atoms with Gasteiger partial charge < -0.3 is 10.1 Å². The number of carbonyl (C=O) groups excluding carboxylic acids is 2. The number of aryl methyl sites for hydroxylation is 2. The molecule has 0 aliphatic heterocycles. The van der Waals surface area contributed by atoms with Crippen molar-refractivity contribution in [1.82, 2.24) is 0 Å². The third-order valence-corrected chi connectivity index (χ3v) is 5.77. The molecular formula is C25H25NO3S. The van der Waals surface area contributed by atoms with Gasteiger partial charge in [-0.25, -0.2) is 0 Å². The zero-order valence-electron chi connectivity index (χ0n) is 17.3.